The molecule has 1 N–H and O–H groups in total. The molecule has 1 unspecified atom stereocenters. The van der Waals surface area contributed by atoms with Gasteiger partial charge >= 0.3 is 0 Å². The average molecular weight is 341 g/mol. The van der Waals surface area contributed by atoms with E-state index in [-0.39, 0.29) is 5.56 Å². The van der Waals surface area contributed by atoms with Gasteiger partial charge in [-0.05, 0) is 61.1 Å². The van der Waals surface area contributed by atoms with E-state index in [1.807, 2.05) is 0 Å². The molecule has 2 aliphatic rings. The van der Waals surface area contributed by atoms with E-state index in [1.54, 1.807) is 10.9 Å². The lowest BCUT2D eigenvalue weighted by Gasteiger charge is -2.31. The third kappa shape index (κ3) is 3.23. The number of halogens is 1. The number of hydrogen-bond donors (Lipinski definition) is 1. The summed E-state index contributed by atoms with van der Waals surface area (Å²) in [4.78, 5) is 14.6. The van der Waals surface area contributed by atoms with E-state index in [9.17, 15) is 4.79 Å². The van der Waals surface area contributed by atoms with Gasteiger partial charge < -0.3 is 10.2 Å². The van der Waals surface area contributed by atoms with Crippen molar-refractivity contribution in [2.24, 2.45) is 5.92 Å². The second-order valence-corrected chi connectivity index (χ2v) is 6.84. The van der Waals surface area contributed by atoms with Crippen LogP contribution in [-0.4, -0.2) is 40.9 Å². The van der Waals surface area contributed by atoms with Crippen LogP contribution in [0, 0.1) is 5.92 Å². The predicted molar refractivity (Wildman–Crippen MR) is 83.1 cm³/mol. The molecule has 0 spiro atoms. The molecule has 2 heterocycles. The van der Waals surface area contributed by atoms with Crippen LogP contribution in [0.3, 0.4) is 0 Å². The van der Waals surface area contributed by atoms with Crippen LogP contribution >= 0.6 is 15.9 Å². The van der Waals surface area contributed by atoms with Crippen molar-refractivity contribution in [2.75, 3.05) is 25.5 Å². The van der Waals surface area contributed by atoms with Gasteiger partial charge in [-0.3, -0.25) is 4.79 Å². The molecule has 1 saturated carbocycles. The first-order chi connectivity index (χ1) is 9.63. The molecular formula is C14H21BrN4O. The largest absolute Gasteiger partial charge is 0.379 e. The summed E-state index contributed by atoms with van der Waals surface area (Å²) in [6, 6.07) is 0.394. The van der Waals surface area contributed by atoms with E-state index in [0.29, 0.717) is 16.4 Å². The van der Waals surface area contributed by atoms with Crippen molar-refractivity contribution in [3.8, 4) is 0 Å². The number of likely N-dealkylation sites (N-methyl/N-ethyl adjacent to an activating group) is 1. The molecule has 0 bridgehead atoms. The van der Waals surface area contributed by atoms with Gasteiger partial charge in [0.2, 0.25) is 0 Å². The van der Waals surface area contributed by atoms with Crippen LogP contribution < -0.4 is 10.9 Å². The first kappa shape index (κ1) is 14.1. The Labute approximate surface area is 127 Å². The number of anilines is 1. The van der Waals surface area contributed by atoms with Crippen molar-refractivity contribution in [1.29, 1.82) is 0 Å². The van der Waals surface area contributed by atoms with Gasteiger partial charge in [0, 0.05) is 19.1 Å². The highest BCUT2D eigenvalue weighted by atomic mass is 79.9. The number of likely N-dealkylation sites (tertiary alicyclic amines) is 1. The van der Waals surface area contributed by atoms with Crippen LogP contribution in [0.15, 0.2) is 15.5 Å². The third-order valence-electron chi connectivity index (χ3n) is 4.10. The number of aromatic nitrogens is 2. The highest BCUT2D eigenvalue weighted by Crippen LogP contribution is 2.30. The third-order valence-corrected chi connectivity index (χ3v) is 4.86. The first-order valence-corrected chi connectivity index (χ1v) is 8.13. The molecular weight excluding hydrogens is 320 g/mol. The number of nitrogens with one attached hydrogen (secondary N) is 1. The van der Waals surface area contributed by atoms with Crippen molar-refractivity contribution in [3.05, 3.63) is 21.0 Å². The Kier molecular flexibility index (Phi) is 4.12. The maximum atomic E-state index is 12.3. The summed E-state index contributed by atoms with van der Waals surface area (Å²) in [5, 5.41) is 7.75. The van der Waals surface area contributed by atoms with Gasteiger partial charge in [0.25, 0.3) is 5.56 Å². The van der Waals surface area contributed by atoms with Gasteiger partial charge in [0.15, 0.2) is 0 Å². The Morgan fingerprint density at radius 1 is 1.45 bits per heavy atom. The van der Waals surface area contributed by atoms with E-state index < -0.39 is 0 Å². The molecule has 1 aromatic heterocycles. The normalized spacial score (nSPS) is 23.8. The van der Waals surface area contributed by atoms with Crippen molar-refractivity contribution in [2.45, 2.75) is 38.3 Å². The lowest BCUT2D eigenvalue weighted by atomic mass is 10.1. The first-order valence-electron chi connectivity index (χ1n) is 7.34. The second-order valence-electron chi connectivity index (χ2n) is 6.05. The summed E-state index contributed by atoms with van der Waals surface area (Å²) in [7, 11) is 2.13. The van der Waals surface area contributed by atoms with Crippen molar-refractivity contribution >= 4 is 21.6 Å². The lowest BCUT2D eigenvalue weighted by molar-refractivity contribution is 0.261. The van der Waals surface area contributed by atoms with E-state index in [1.165, 1.54) is 19.3 Å². The van der Waals surface area contributed by atoms with Gasteiger partial charge in [-0.2, -0.15) is 5.10 Å². The molecule has 2 fully saturated rings. The fourth-order valence-corrected chi connectivity index (χ4v) is 3.17. The van der Waals surface area contributed by atoms with Crippen LogP contribution in [0.1, 0.15) is 25.7 Å². The molecule has 1 aliphatic heterocycles. The molecule has 20 heavy (non-hydrogen) atoms. The van der Waals surface area contributed by atoms with Crippen LogP contribution in [0.4, 0.5) is 5.69 Å². The lowest BCUT2D eigenvalue weighted by Crippen LogP contribution is -2.40. The molecule has 3 rings (SSSR count). The van der Waals surface area contributed by atoms with Gasteiger partial charge in [-0.15, -0.1) is 0 Å². The van der Waals surface area contributed by atoms with Crippen LogP contribution in [-0.2, 0) is 6.54 Å². The number of nitrogens with zero attached hydrogens (tertiary/aromatic N) is 3. The van der Waals surface area contributed by atoms with Crippen molar-refractivity contribution < 1.29 is 0 Å². The number of hydrogen-bond acceptors (Lipinski definition) is 4. The molecule has 1 saturated heterocycles. The van der Waals surface area contributed by atoms with E-state index in [0.717, 1.165) is 31.7 Å². The standard InChI is InChI=1S/C14H21BrN4O/c1-18-6-2-3-11(9-18)17-12-7-16-19(8-10-4-5-10)14(20)13(12)15/h7,10-11,17H,2-6,8-9H2,1H3. The average Bonchev–Trinajstić information content (AvgIpc) is 3.23. The molecule has 0 amide bonds. The van der Waals surface area contributed by atoms with Gasteiger partial charge in [0.1, 0.15) is 4.47 Å². The zero-order valence-corrected chi connectivity index (χ0v) is 13.4. The number of piperidine rings is 1. The van der Waals surface area contributed by atoms with Crippen LogP contribution in [0.2, 0.25) is 0 Å². The van der Waals surface area contributed by atoms with E-state index in [2.05, 4.69) is 38.3 Å². The highest BCUT2D eigenvalue weighted by molar-refractivity contribution is 9.10. The summed E-state index contributed by atoms with van der Waals surface area (Å²) in [5.41, 5.74) is 0.799. The summed E-state index contributed by atoms with van der Waals surface area (Å²) >= 11 is 3.43. The Bertz CT molecular complexity index is 540. The Balaban J connectivity index is 1.72. The fraction of sp³-hybridized carbons (Fsp3) is 0.714. The van der Waals surface area contributed by atoms with Crippen molar-refractivity contribution in [1.82, 2.24) is 14.7 Å². The minimum Gasteiger partial charge on any atom is -0.379 e. The van der Waals surface area contributed by atoms with Crippen LogP contribution in [0.25, 0.3) is 0 Å². The fourth-order valence-electron chi connectivity index (χ4n) is 2.74. The summed E-state index contributed by atoms with van der Waals surface area (Å²) in [6.07, 6.45) is 6.56. The van der Waals surface area contributed by atoms with E-state index >= 15 is 0 Å². The molecule has 110 valence electrons. The monoisotopic (exact) mass is 340 g/mol. The maximum Gasteiger partial charge on any atom is 0.283 e. The smallest absolute Gasteiger partial charge is 0.283 e. The Morgan fingerprint density at radius 3 is 2.95 bits per heavy atom. The molecule has 6 heteroatoms. The zero-order chi connectivity index (χ0) is 14.1. The summed E-state index contributed by atoms with van der Waals surface area (Å²) in [6.45, 7) is 2.92. The number of rotatable bonds is 4. The predicted octanol–water partition coefficient (Wildman–Crippen LogP) is 1.92. The van der Waals surface area contributed by atoms with Gasteiger partial charge in [-0.1, -0.05) is 0 Å². The summed E-state index contributed by atoms with van der Waals surface area (Å²) in [5.74, 6) is 0.651. The molecule has 1 aliphatic carbocycles. The SMILES string of the molecule is CN1CCCC(Nc2cnn(CC3CC3)c(=O)c2Br)C1. The highest BCUT2D eigenvalue weighted by Gasteiger charge is 2.24. The molecule has 0 radical (unpaired) electrons. The Morgan fingerprint density at radius 2 is 2.25 bits per heavy atom. The second kappa shape index (κ2) is 5.85. The molecule has 1 atom stereocenters. The minimum absolute atomic E-state index is 0.0222. The minimum atomic E-state index is -0.0222. The van der Waals surface area contributed by atoms with Crippen molar-refractivity contribution in [3.63, 3.8) is 0 Å². The molecule has 5 nitrogen and oxygen atoms in total. The Hall–Kier alpha value is -0.880. The van der Waals surface area contributed by atoms with Gasteiger partial charge in [0.05, 0.1) is 11.9 Å². The van der Waals surface area contributed by atoms with E-state index in [4.69, 9.17) is 0 Å². The van der Waals surface area contributed by atoms with Crippen LogP contribution in [0.5, 0.6) is 0 Å². The zero-order valence-electron chi connectivity index (χ0n) is 11.8. The topological polar surface area (TPSA) is 50.2 Å². The molecule has 1 aromatic rings. The molecule has 0 aromatic carbocycles. The quantitative estimate of drug-likeness (QED) is 0.909. The maximum absolute atomic E-state index is 12.3. The summed E-state index contributed by atoms with van der Waals surface area (Å²) < 4.78 is 2.20. The van der Waals surface area contributed by atoms with Gasteiger partial charge in [-0.25, -0.2) is 4.68 Å².